The average molecular weight is 269 g/mol. The molecule has 0 saturated carbocycles. The normalized spacial score (nSPS) is 11.2. The fourth-order valence-electron chi connectivity index (χ4n) is 1.47. The Bertz CT molecular complexity index is 404. The summed E-state index contributed by atoms with van der Waals surface area (Å²) in [5.41, 5.74) is -1.01. The van der Waals surface area contributed by atoms with Crippen LogP contribution < -0.4 is 10.1 Å². The summed E-state index contributed by atoms with van der Waals surface area (Å²) >= 11 is 0. The molecule has 0 fully saturated rings. The Morgan fingerprint density at radius 1 is 1.32 bits per heavy atom. The van der Waals surface area contributed by atoms with Crippen LogP contribution in [0.3, 0.4) is 0 Å². The van der Waals surface area contributed by atoms with Gasteiger partial charge >= 0.3 is 0 Å². The second kappa shape index (κ2) is 7.09. The molecule has 1 aromatic carbocycles. The van der Waals surface area contributed by atoms with Crippen LogP contribution in [0.2, 0.25) is 0 Å². The van der Waals surface area contributed by atoms with Crippen LogP contribution in [0.4, 0.5) is 4.39 Å². The predicted molar refractivity (Wildman–Crippen MR) is 70.6 cm³/mol. The number of rotatable bonds is 7. The number of carbonyl (C=O) groups excluding carboxylic acids is 1. The molecule has 0 heterocycles. The van der Waals surface area contributed by atoms with E-state index in [1.54, 1.807) is 21.0 Å². The number of halogens is 1. The number of hydrogen-bond acceptors (Lipinski definition) is 3. The van der Waals surface area contributed by atoms with E-state index in [2.05, 4.69) is 5.32 Å². The summed E-state index contributed by atoms with van der Waals surface area (Å²) in [6, 6.07) is 5.58. The van der Waals surface area contributed by atoms with Crippen molar-refractivity contribution in [2.75, 3.05) is 20.3 Å². The fourth-order valence-corrected chi connectivity index (χ4v) is 1.47. The van der Waals surface area contributed by atoms with Gasteiger partial charge in [-0.3, -0.25) is 4.79 Å². The van der Waals surface area contributed by atoms with Gasteiger partial charge in [-0.2, -0.15) is 0 Å². The Labute approximate surface area is 112 Å². The summed E-state index contributed by atoms with van der Waals surface area (Å²) in [6.07, 6.45) is 0.745. The first-order valence-corrected chi connectivity index (χ1v) is 6.17. The van der Waals surface area contributed by atoms with Gasteiger partial charge in [-0.25, -0.2) is 4.39 Å². The van der Waals surface area contributed by atoms with Crippen LogP contribution in [0.15, 0.2) is 24.3 Å². The topological polar surface area (TPSA) is 47.6 Å². The second-order valence-corrected chi connectivity index (χ2v) is 4.67. The minimum Gasteiger partial charge on any atom is -0.478 e. The molecule has 0 aliphatic heterocycles. The van der Waals surface area contributed by atoms with E-state index in [-0.39, 0.29) is 11.7 Å². The summed E-state index contributed by atoms with van der Waals surface area (Å²) in [5, 5.41) is 2.77. The summed E-state index contributed by atoms with van der Waals surface area (Å²) in [5.74, 6) is -0.0967. The molecule has 5 heteroatoms. The van der Waals surface area contributed by atoms with Crippen LogP contribution in [0.1, 0.15) is 20.3 Å². The zero-order valence-corrected chi connectivity index (χ0v) is 11.5. The van der Waals surface area contributed by atoms with Gasteiger partial charge in [0.15, 0.2) is 5.60 Å². The Morgan fingerprint density at radius 3 is 2.53 bits per heavy atom. The van der Waals surface area contributed by atoms with Gasteiger partial charge < -0.3 is 14.8 Å². The standard InChI is InChI=1S/C14H20FNO3/c1-14(2,13(17)16-9-4-10-18-3)19-12-7-5-11(15)6-8-12/h5-8H,4,9-10H2,1-3H3,(H,16,17). The second-order valence-electron chi connectivity index (χ2n) is 4.67. The first kappa shape index (κ1) is 15.4. The largest absolute Gasteiger partial charge is 0.478 e. The number of ether oxygens (including phenoxy) is 2. The highest BCUT2D eigenvalue weighted by molar-refractivity contribution is 5.84. The van der Waals surface area contributed by atoms with E-state index in [4.69, 9.17) is 9.47 Å². The highest BCUT2D eigenvalue weighted by Crippen LogP contribution is 2.18. The quantitative estimate of drug-likeness (QED) is 0.771. The number of amides is 1. The van der Waals surface area contributed by atoms with Crippen molar-refractivity contribution >= 4 is 5.91 Å². The first-order chi connectivity index (χ1) is 8.95. The Balaban J connectivity index is 2.49. The summed E-state index contributed by atoms with van der Waals surface area (Å²) in [6.45, 7) is 4.46. The van der Waals surface area contributed by atoms with Crippen molar-refractivity contribution in [3.8, 4) is 5.75 Å². The van der Waals surface area contributed by atoms with Gasteiger partial charge in [-0.1, -0.05) is 0 Å². The van der Waals surface area contributed by atoms with Gasteiger partial charge in [-0.05, 0) is 44.5 Å². The van der Waals surface area contributed by atoms with Gasteiger partial charge in [0.05, 0.1) is 0 Å². The SMILES string of the molecule is COCCCNC(=O)C(C)(C)Oc1ccc(F)cc1. The van der Waals surface area contributed by atoms with Crippen molar-refractivity contribution in [3.63, 3.8) is 0 Å². The van der Waals surface area contributed by atoms with Gasteiger partial charge in [-0.15, -0.1) is 0 Å². The molecule has 1 amide bonds. The Morgan fingerprint density at radius 2 is 1.95 bits per heavy atom. The summed E-state index contributed by atoms with van der Waals surface area (Å²) in [7, 11) is 1.61. The number of hydrogen-bond donors (Lipinski definition) is 1. The molecular formula is C14H20FNO3. The van der Waals surface area contributed by atoms with Crippen LogP contribution in [0, 0.1) is 5.82 Å². The van der Waals surface area contributed by atoms with Crippen molar-refractivity contribution < 1.29 is 18.7 Å². The molecule has 0 aromatic heterocycles. The van der Waals surface area contributed by atoms with Crippen molar-refractivity contribution in [3.05, 3.63) is 30.1 Å². The van der Waals surface area contributed by atoms with Crippen LogP contribution >= 0.6 is 0 Å². The lowest BCUT2D eigenvalue weighted by atomic mass is 10.1. The molecule has 0 aliphatic carbocycles. The van der Waals surface area contributed by atoms with Crippen LogP contribution in [-0.2, 0) is 9.53 Å². The molecular weight excluding hydrogens is 249 g/mol. The maximum atomic E-state index is 12.8. The molecule has 19 heavy (non-hydrogen) atoms. The molecule has 0 unspecified atom stereocenters. The summed E-state index contributed by atoms with van der Waals surface area (Å²) < 4.78 is 23.2. The highest BCUT2D eigenvalue weighted by atomic mass is 19.1. The van der Waals surface area contributed by atoms with E-state index in [0.29, 0.717) is 18.9 Å². The molecule has 1 N–H and O–H groups in total. The Hall–Kier alpha value is -1.62. The zero-order chi connectivity index (χ0) is 14.3. The third kappa shape index (κ3) is 5.26. The molecule has 1 aromatic rings. The third-order valence-corrected chi connectivity index (χ3v) is 2.54. The van der Waals surface area contributed by atoms with Crippen molar-refractivity contribution in [2.45, 2.75) is 25.9 Å². The van der Waals surface area contributed by atoms with Crippen LogP contribution in [-0.4, -0.2) is 31.8 Å². The van der Waals surface area contributed by atoms with E-state index in [0.717, 1.165) is 6.42 Å². The lowest BCUT2D eigenvalue weighted by Crippen LogP contribution is -2.46. The van der Waals surface area contributed by atoms with Gasteiger partial charge in [0, 0.05) is 20.3 Å². The molecule has 106 valence electrons. The molecule has 0 atom stereocenters. The first-order valence-electron chi connectivity index (χ1n) is 6.17. The van der Waals surface area contributed by atoms with E-state index in [1.807, 2.05) is 0 Å². The maximum Gasteiger partial charge on any atom is 0.263 e. The van der Waals surface area contributed by atoms with Gasteiger partial charge in [0.1, 0.15) is 11.6 Å². The molecule has 0 saturated heterocycles. The zero-order valence-electron chi connectivity index (χ0n) is 11.5. The molecule has 0 aliphatic rings. The predicted octanol–water partition coefficient (Wildman–Crippen LogP) is 2.14. The Kier molecular flexibility index (Phi) is 5.76. The molecule has 0 bridgehead atoms. The maximum absolute atomic E-state index is 12.8. The molecule has 0 radical (unpaired) electrons. The number of carbonyl (C=O) groups is 1. The monoisotopic (exact) mass is 269 g/mol. The van der Waals surface area contributed by atoms with Crippen LogP contribution in [0.25, 0.3) is 0 Å². The number of benzene rings is 1. The molecule has 4 nitrogen and oxygen atoms in total. The summed E-state index contributed by atoms with van der Waals surface area (Å²) in [4.78, 5) is 11.9. The third-order valence-electron chi connectivity index (χ3n) is 2.54. The lowest BCUT2D eigenvalue weighted by Gasteiger charge is -2.25. The number of methoxy groups -OCH3 is 1. The van der Waals surface area contributed by atoms with Crippen molar-refractivity contribution in [1.29, 1.82) is 0 Å². The number of nitrogens with one attached hydrogen (secondary N) is 1. The van der Waals surface area contributed by atoms with E-state index in [1.165, 1.54) is 24.3 Å². The van der Waals surface area contributed by atoms with Gasteiger partial charge in [0.2, 0.25) is 0 Å². The highest BCUT2D eigenvalue weighted by Gasteiger charge is 2.29. The molecule has 1 rings (SSSR count). The molecule has 0 spiro atoms. The minimum atomic E-state index is -1.01. The van der Waals surface area contributed by atoms with Crippen molar-refractivity contribution in [2.24, 2.45) is 0 Å². The van der Waals surface area contributed by atoms with E-state index in [9.17, 15) is 9.18 Å². The smallest absolute Gasteiger partial charge is 0.263 e. The van der Waals surface area contributed by atoms with E-state index >= 15 is 0 Å². The van der Waals surface area contributed by atoms with E-state index < -0.39 is 5.60 Å². The fraction of sp³-hybridized carbons (Fsp3) is 0.500. The minimum absolute atomic E-state index is 0.215. The van der Waals surface area contributed by atoms with Crippen molar-refractivity contribution in [1.82, 2.24) is 5.32 Å². The lowest BCUT2D eigenvalue weighted by molar-refractivity contribution is -0.134. The average Bonchev–Trinajstić information content (AvgIpc) is 2.37. The van der Waals surface area contributed by atoms with Crippen LogP contribution in [0.5, 0.6) is 5.75 Å². The van der Waals surface area contributed by atoms with Gasteiger partial charge in [0.25, 0.3) is 5.91 Å².